The minimum absolute atomic E-state index is 0.0547. The predicted molar refractivity (Wildman–Crippen MR) is 95.0 cm³/mol. The molecule has 3 rings (SSSR count). The fourth-order valence-electron chi connectivity index (χ4n) is 3.43. The van der Waals surface area contributed by atoms with Crippen LogP contribution in [0.2, 0.25) is 0 Å². The van der Waals surface area contributed by atoms with E-state index in [4.69, 9.17) is 4.74 Å². The van der Waals surface area contributed by atoms with Crippen LogP contribution < -0.4 is 5.32 Å². The molecule has 0 spiro atoms. The van der Waals surface area contributed by atoms with E-state index in [1.807, 2.05) is 31.2 Å². The van der Waals surface area contributed by atoms with E-state index in [9.17, 15) is 0 Å². The second-order valence-electron chi connectivity index (χ2n) is 7.05. The standard InChI is InChI=1S/C17H30N6O/c1-18-17(19-10-15(21(2)3)13-5-6-13)23-7-8-24-16(12-23)14-9-20-22(4)11-14/h9,11,13,15-16H,5-8,10,12H2,1-4H3,(H,18,19). The maximum Gasteiger partial charge on any atom is 0.193 e. The molecule has 0 radical (unpaired) electrons. The minimum Gasteiger partial charge on any atom is -0.370 e. The van der Waals surface area contributed by atoms with Gasteiger partial charge in [0.15, 0.2) is 5.96 Å². The van der Waals surface area contributed by atoms with Gasteiger partial charge in [-0.2, -0.15) is 5.10 Å². The molecule has 0 bridgehead atoms. The number of guanidine groups is 1. The molecule has 7 nitrogen and oxygen atoms in total. The fourth-order valence-corrected chi connectivity index (χ4v) is 3.43. The summed E-state index contributed by atoms with van der Waals surface area (Å²) in [4.78, 5) is 9.11. The number of aliphatic imine (C=N–C) groups is 1. The fraction of sp³-hybridized carbons (Fsp3) is 0.765. The van der Waals surface area contributed by atoms with Gasteiger partial charge < -0.3 is 19.9 Å². The third kappa shape index (κ3) is 4.08. The number of morpholine rings is 1. The van der Waals surface area contributed by atoms with Crippen LogP contribution in [0.5, 0.6) is 0 Å². The van der Waals surface area contributed by atoms with E-state index in [2.05, 4.69) is 39.3 Å². The lowest BCUT2D eigenvalue weighted by Gasteiger charge is -2.35. The lowest BCUT2D eigenvalue weighted by Crippen LogP contribution is -2.51. The summed E-state index contributed by atoms with van der Waals surface area (Å²) in [5, 5.41) is 7.83. The number of nitrogens with one attached hydrogen (secondary N) is 1. The molecule has 0 aromatic carbocycles. The van der Waals surface area contributed by atoms with Crippen LogP contribution in [0.1, 0.15) is 24.5 Å². The highest BCUT2D eigenvalue weighted by molar-refractivity contribution is 5.80. The monoisotopic (exact) mass is 334 g/mol. The zero-order chi connectivity index (χ0) is 17.1. The van der Waals surface area contributed by atoms with Crippen LogP contribution in [-0.4, -0.2) is 79.0 Å². The molecule has 1 N–H and O–H groups in total. The van der Waals surface area contributed by atoms with Crippen molar-refractivity contribution in [2.45, 2.75) is 25.0 Å². The van der Waals surface area contributed by atoms with Gasteiger partial charge in [0, 0.05) is 45.0 Å². The SMILES string of the molecule is CN=C(NCC(C1CC1)N(C)C)N1CCOC(c2cnn(C)c2)C1. The van der Waals surface area contributed by atoms with E-state index >= 15 is 0 Å². The molecule has 1 aromatic rings. The molecule has 7 heteroatoms. The van der Waals surface area contributed by atoms with Gasteiger partial charge in [-0.05, 0) is 32.9 Å². The zero-order valence-electron chi connectivity index (χ0n) is 15.3. The van der Waals surface area contributed by atoms with Crippen molar-refractivity contribution in [2.75, 3.05) is 47.4 Å². The Balaban J connectivity index is 1.58. The number of ether oxygens (including phenoxy) is 1. The number of rotatable bonds is 5. The van der Waals surface area contributed by atoms with Gasteiger partial charge in [0.1, 0.15) is 6.10 Å². The van der Waals surface area contributed by atoms with Gasteiger partial charge in [0.25, 0.3) is 0 Å². The highest BCUT2D eigenvalue weighted by Crippen LogP contribution is 2.34. The first-order valence-electron chi connectivity index (χ1n) is 8.80. The molecule has 2 heterocycles. The van der Waals surface area contributed by atoms with E-state index in [1.165, 1.54) is 12.8 Å². The molecule has 1 aliphatic carbocycles. The summed E-state index contributed by atoms with van der Waals surface area (Å²) in [6.07, 6.45) is 6.67. The third-order valence-electron chi connectivity index (χ3n) is 4.97. The normalized spacial score (nSPS) is 23.6. The summed E-state index contributed by atoms with van der Waals surface area (Å²) in [5.74, 6) is 1.80. The van der Waals surface area contributed by atoms with Crippen molar-refractivity contribution < 1.29 is 4.74 Å². The number of aromatic nitrogens is 2. The summed E-state index contributed by atoms with van der Waals surface area (Å²) in [5.41, 5.74) is 1.13. The number of hydrogen-bond donors (Lipinski definition) is 1. The molecule has 2 atom stereocenters. The molecule has 134 valence electrons. The largest absolute Gasteiger partial charge is 0.370 e. The summed E-state index contributed by atoms with van der Waals surface area (Å²) in [6.45, 7) is 3.33. The molecule has 1 saturated heterocycles. The lowest BCUT2D eigenvalue weighted by atomic mass is 10.1. The van der Waals surface area contributed by atoms with E-state index in [-0.39, 0.29) is 6.10 Å². The molecule has 1 aliphatic heterocycles. The average molecular weight is 334 g/mol. The second kappa shape index (κ2) is 7.53. The molecular weight excluding hydrogens is 304 g/mol. The highest BCUT2D eigenvalue weighted by Gasteiger charge is 2.33. The Labute approximate surface area is 144 Å². The van der Waals surface area contributed by atoms with Crippen LogP contribution in [0.4, 0.5) is 0 Å². The van der Waals surface area contributed by atoms with Crippen molar-refractivity contribution in [3.63, 3.8) is 0 Å². The van der Waals surface area contributed by atoms with Gasteiger partial charge in [-0.1, -0.05) is 0 Å². The van der Waals surface area contributed by atoms with Gasteiger partial charge in [0.2, 0.25) is 0 Å². The van der Waals surface area contributed by atoms with Gasteiger partial charge in [0.05, 0.1) is 19.3 Å². The lowest BCUT2D eigenvalue weighted by molar-refractivity contribution is -0.00812. The van der Waals surface area contributed by atoms with Crippen molar-refractivity contribution in [1.29, 1.82) is 0 Å². The van der Waals surface area contributed by atoms with Gasteiger partial charge >= 0.3 is 0 Å². The number of nitrogens with zero attached hydrogens (tertiary/aromatic N) is 5. The predicted octanol–water partition coefficient (Wildman–Crippen LogP) is 0.709. The Morgan fingerprint density at radius 1 is 1.50 bits per heavy atom. The minimum atomic E-state index is 0.0547. The number of aryl methyl sites for hydroxylation is 1. The Morgan fingerprint density at radius 3 is 2.88 bits per heavy atom. The number of hydrogen-bond acceptors (Lipinski definition) is 4. The second-order valence-corrected chi connectivity index (χ2v) is 7.05. The van der Waals surface area contributed by atoms with Crippen LogP contribution in [0.25, 0.3) is 0 Å². The third-order valence-corrected chi connectivity index (χ3v) is 4.97. The van der Waals surface area contributed by atoms with Gasteiger partial charge in [-0.25, -0.2) is 0 Å². The highest BCUT2D eigenvalue weighted by atomic mass is 16.5. The zero-order valence-corrected chi connectivity index (χ0v) is 15.3. The summed E-state index contributed by atoms with van der Waals surface area (Å²) < 4.78 is 7.75. The van der Waals surface area contributed by atoms with Crippen LogP contribution in [0.15, 0.2) is 17.4 Å². The molecular formula is C17H30N6O. The van der Waals surface area contributed by atoms with Gasteiger partial charge in [-0.3, -0.25) is 9.67 Å². The van der Waals surface area contributed by atoms with Crippen LogP contribution in [0, 0.1) is 5.92 Å². The molecule has 24 heavy (non-hydrogen) atoms. The molecule has 2 unspecified atom stereocenters. The summed E-state index contributed by atoms with van der Waals surface area (Å²) in [6, 6.07) is 0.580. The molecule has 1 aromatic heterocycles. The van der Waals surface area contributed by atoms with Crippen molar-refractivity contribution in [2.24, 2.45) is 18.0 Å². The first-order chi connectivity index (χ1) is 11.6. The van der Waals surface area contributed by atoms with Crippen LogP contribution >= 0.6 is 0 Å². The smallest absolute Gasteiger partial charge is 0.193 e. The first-order valence-corrected chi connectivity index (χ1v) is 8.80. The summed E-state index contributed by atoms with van der Waals surface area (Å²) in [7, 11) is 8.13. The maximum atomic E-state index is 5.93. The Kier molecular flexibility index (Phi) is 5.40. The van der Waals surface area contributed by atoms with E-state index in [0.29, 0.717) is 12.6 Å². The van der Waals surface area contributed by atoms with E-state index in [0.717, 1.165) is 37.1 Å². The Bertz CT molecular complexity index is 563. The van der Waals surface area contributed by atoms with Crippen molar-refractivity contribution in [3.8, 4) is 0 Å². The Morgan fingerprint density at radius 2 is 2.29 bits per heavy atom. The van der Waals surface area contributed by atoms with Crippen LogP contribution in [-0.2, 0) is 11.8 Å². The molecule has 0 amide bonds. The number of likely N-dealkylation sites (N-methyl/N-ethyl adjacent to an activating group) is 1. The first kappa shape index (κ1) is 17.2. The quantitative estimate of drug-likeness (QED) is 0.635. The summed E-state index contributed by atoms with van der Waals surface area (Å²) >= 11 is 0. The van der Waals surface area contributed by atoms with Crippen molar-refractivity contribution in [3.05, 3.63) is 18.0 Å². The van der Waals surface area contributed by atoms with Crippen molar-refractivity contribution >= 4 is 5.96 Å². The topological polar surface area (TPSA) is 57.9 Å². The van der Waals surface area contributed by atoms with Gasteiger partial charge in [-0.15, -0.1) is 0 Å². The van der Waals surface area contributed by atoms with E-state index < -0.39 is 0 Å². The molecule has 2 aliphatic rings. The Hall–Kier alpha value is -1.60. The van der Waals surface area contributed by atoms with E-state index in [1.54, 1.807) is 0 Å². The molecule has 2 fully saturated rings. The maximum absolute atomic E-state index is 5.93. The van der Waals surface area contributed by atoms with Crippen LogP contribution in [0.3, 0.4) is 0 Å². The van der Waals surface area contributed by atoms with Crippen molar-refractivity contribution in [1.82, 2.24) is 24.9 Å². The average Bonchev–Trinajstić information content (AvgIpc) is 3.31. The molecule has 1 saturated carbocycles.